The van der Waals surface area contributed by atoms with E-state index in [2.05, 4.69) is 9.72 Å². The largest absolute Gasteiger partial charge is 0.506 e. The fraction of sp³-hybridized carbons (Fsp3) is 0.200. The van der Waals surface area contributed by atoms with Crippen LogP contribution in [0.25, 0.3) is 10.8 Å². The molecule has 1 N–H and O–H groups in total. The maximum Gasteiger partial charge on any atom is 0.293 e. The van der Waals surface area contributed by atoms with Crippen molar-refractivity contribution in [3.05, 3.63) is 60.9 Å². The van der Waals surface area contributed by atoms with Gasteiger partial charge in [0.2, 0.25) is 0 Å². The van der Waals surface area contributed by atoms with Gasteiger partial charge in [-0.3, -0.25) is 9.78 Å². The highest BCUT2D eigenvalue weighted by Crippen LogP contribution is 2.26. The van der Waals surface area contributed by atoms with Gasteiger partial charge < -0.3 is 9.84 Å². The first-order valence-electron chi connectivity index (χ1n) is 8.19. The van der Waals surface area contributed by atoms with Gasteiger partial charge in [0.1, 0.15) is 5.75 Å². The Balaban J connectivity index is 0.000000298. The van der Waals surface area contributed by atoms with E-state index in [1.54, 1.807) is 18.3 Å². The average Bonchev–Trinajstić information content (AvgIpc) is 2.69. The van der Waals surface area contributed by atoms with Crippen molar-refractivity contribution in [1.29, 1.82) is 0 Å². The molecule has 0 amide bonds. The molecular weight excluding hydrogens is 350 g/mol. The molecule has 1 aromatic heterocycles. The fourth-order valence-corrected chi connectivity index (χ4v) is 3.21. The van der Waals surface area contributed by atoms with Gasteiger partial charge in [-0.05, 0) is 37.6 Å². The van der Waals surface area contributed by atoms with Gasteiger partial charge >= 0.3 is 0 Å². The van der Waals surface area contributed by atoms with E-state index < -0.39 is 10.8 Å². The average molecular weight is 371 g/mol. The van der Waals surface area contributed by atoms with Crippen molar-refractivity contribution in [2.75, 3.05) is 0 Å². The molecule has 1 heterocycles. The van der Waals surface area contributed by atoms with Gasteiger partial charge in [0, 0.05) is 26.8 Å². The predicted octanol–water partition coefficient (Wildman–Crippen LogP) is 4.07. The Morgan fingerprint density at radius 3 is 2.50 bits per heavy atom. The number of rotatable bonds is 5. The Hall–Kier alpha value is -2.73. The third kappa shape index (κ3) is 5.13. The number of ether oxygens (including phenoxy) is 1. The van der Waals surface area contributed by atoms with Crippen LogP contribution in [0.5, 0.6) is 5.75 Å². The molecular formula is C20H21NO4S. The molecule has 26 heavy (non-hydrogen) atoms. The Labute approximate surface area is 155 Å². The van der Waals surface area contributed by atoms with Crippen molar-refractivity contribution in [1.82, 2.24) is 4.98 Å². The van der Waals surface area contributed by atoms with E-state index in [0.717, 1.165) is 16.7 Å². The molecule has 2 unspecified atom stereocenters. The standard InChI is InChI=1S/C15H11NO2S.C5H10O2/c17-15-10-16-9-11-6-7-13(8-14(11)15)19(18)12-4-2-1-3-5-12;1-3-5(2)7-4-6/h1-10,17H;4-5H,3H2,1-2H3. The third-order valence-electron chi connectivity index (χ3n) is 3.75. The monoisotopic (exact) mass is 371 g/mol. The second-order valence-corrected chi connectivity index (χ2v) is 7.05. The summed E-state index contributed by atoms with van der Waals surface area (Å²) in [6, 6.07) is 14.6. The van der Waals surface area contributed by atoms with E-state index in [1.165, 1.54) is 6.20 Å². The smallest absolute Gasteiger partial charge is 0.293 e. The highest BCUT2D eigenvalue weighted by atomic mass is 32.2. The molecule has 2 aromatic carbocycles. The van der Waals surface area contributed by atoms with Crippen LogP contribution in [-0.2, 0) is 20.3 Å². The normalized spacial score (nSPS) is 12.5. The molecule has 0 bridgehead atoms. The van der Waals surface area contributed by atoms with Crippen LogP contribution in [0.15, 0.2) is 70.7 Å². The van der Waals surface area contributed by atoms with Crippen LogP contribution in [0.4, 0.5) is 0 Å². The number of aromatic hydroxyl groups is 1. The zero-order valence-corrected chi connectivity index (χ0v) is 15.5. The fourth-order valence-electron chi connectivity index (χ4n) is 2.11. The number of hydrogen-bond donors (Lipinski definition) is 1. The van der Waals surface area contributed by atoms with E-state index in [-0.39, 0.29) is 11.9 Å². The molecule has 0 aliphatic carbocycles. The van der Waals surface area contributed by atoms with Crippen LogP contribution >= 0.6 is 0 Å². The molecule has 3 aromatic rings. The van der Waals surface area contributed by atoms with Crippen molar-refractivity contribution < 1.29 is 18.8 Å². The summed E-state index contributed by atoms with van der Waals surface area (Å²) in [5, 5.41) is 11.3. The van der Waals surface area contributed by atoms with Crippen LogP contribution in [0, 0.1) is 0 Å². The van der Waals surface area contributed by atoms with Crippen molar-refractivity contribution in [2.24, 2.45) is 0 Å². The van der Waals surface area contributed by atoms with Gasteiger partial charge in [0.05, 0.1) is 23.1 Å². The minimum atomic E-state index is -1.24. The predicted molar refractivity (Wildman–Crippen MR) is 101 cm³/mol. The number of benzene rings is 2. The summed E-state index contributed by atoms with van der Waals surface area (Å²) in [4.78, 5) is 14.9. The van der Waals surface area contributed by atoms with Crippen LogP contribution in [-0.4, -0.2) is 26.9 Å². The van der Waals surface area contributed by atoms with Gasteiger partial charge in [-0.15, -0.1) is 0 Å². The lowest BCUT2D eigenvalue weighted by atomic mass is 10.2. The molecule has 0 saturated heterocycles. The number of aromatic nitrogens is 1. The van der Waals surface area contributed by atoms with E-state index in [9.17, 15) is 14.1 Å². The topological polar surface area (TPSA) is 76.5 Å². The summed E-state index contributed by atoms with van der Waals surface area (Å²) in [5.41, 5.74) is 0. The zero-order valence-electron chi connectivity index (χ0n) is 14.7. The first-order chi connectivity index (χ1) is 12.6. The highest BCUT2D eigenvalue weighted by molar-refractivity contribution is 7.85. The zero-order chi connectivity index (χ0) is 18.9. The van der Waals surface area contributed by atoms with E-state index in [1.807, 2.05) is 50.2 Å². The summed E-state index contributed by atoms with van der Waals surface area (Å²) < 4.78 is 16.9. The molecule has 0 radical (unpaired) electrons. The molecule has 0 aliphatic rings. The van der Waals surface area contributed by atoms with Crippen molar-refractivity contribution in [2.45, 2.75) is 36.2 Å². The number of fused-ring (bicyclic) bond motifs is 1. The molecule has 0 aliphatic heterocycles. The van der Waals surface area contributed by atoms with Crippen LogP contribution in [0.3, 0.4) is 0 Å². The van der Waals surface area contributed by atoms with Gasteiger partial charge in [0.25, 0.3) is 6.47 Å². The first-order valence-corrected chi connectivity index (χ1v) is 9.34. The lowest BCUT2D eigenvalue weighted by Crippen LogP contribution is -2.03. The highest BCUT2D eigenvalue weighted by Gasteiger charge is 2.09. The van der Waals surface area contributed by atoms with Crippen molar-refractivity contribution in [3.8, 4) is 5.75 Å². The summed E-state index contributed by atoms with van der Waals surface area (Å²) in [5.74, 6) is 0.101. The summed E-state index contributed by atoms with van der Waals surface area (Å²) in [6.45, 7) is 4.30. The van der Waals surface area contributed by atoms with E-state index in [4.69, 9.17) is 0 Å². The second-order valence-electron chi connectivity index (χ2n) is 5.57. The van der Waals surface area contributed by atoms with E-state index >= 15 is 0 Å². The summed E-state index contributed by atoms with van der Waals surface area (Å²) in [7, 11) is -1.24. The van der Waals surface area contributed by atoms with Gasteiger partial charge in [-0.25, -0.2) is 4.21 Å². The molecule has 6 heteroatoms. The Morgan fingerprint density at radius 1 is 1.15 bits per heavy atom. The molecule has 136 valence electrons. The Bertz CT molecular complexity index is 883. The van der Waals surface area contributed by atoms with Gasteiger partial charge in [-0.1, -0.05) is 31.2 Å². The third-order valence-corrected chi connectivity index (χ3v) is 5.13. The molecule has 5 nitrogen and oxygen atoms in total. The molecule has 0 spiro atoms. The Morgan fingerprint density at radius 2 is 1.88 bits per heavy atom. The maximum atomic E-state index is 12.4. The van der Waals surface area contributed by atoms with Crippen molar-refractivity contribution in [3.63, 3.8) is 0 Å². The molecule has 2 atom stereocenters. The lowest BCUT2D eigenvalue weighted by Gasteiger charge is -2.05. The summed E-state index contributed by atoms with van der Waals surface area (Å²) >= 11 is 0. The SMILES string of the molecule is CCC(C)OC=O.O=S(c1ccccc1)c1ccc2cncc(O)c2c1. The lowest BCUT2D eigenvalue weighted by molar-refractivity contribution is -0.132. The van der Waals surface area contributed by atoms with Gasteiger partial charge in [0.15, 0.2) is 0 Å². The molecule has 3 rings (SSSR count). The number of hydrogen-bond acceptors (Lipinski definition) is 5. The van der Waals surface area contributed by atoms with Crippen molar-refractivity contribution >= 4 is 28.0 Å². The van der Waals surface area contributed by atoms with Crippen LogP contribution in [0.1, 0.15) is 20.3 Å². The van der Waals surface area contributed by atoms with Crippen LogP contribution < -0.4 is 0 Å². The van der Waals surface area contributed by atoms with Crippen LogP contribution in [0.2, 0.25) is 0 Å². The minimum absolute atomic E-state index is 0.0810. The number of carbonyl (C=O) groups excluding carboxylic acids is 1. The quantitative estimate of drug-likeness (QED) is 0.684. The van der Waals surface area contributed by atoms with E-state index in [0.29, 0.717) is 16.8 Å². The Kier molecular flexibility index (Phi) is 7.29. The van der Waals surface area contributed by atoms with Gasteiger partial charge in [-0.2, -0.15) is 0 Å². The summed E-state index contributed by atoms with van der Waals surface area (Å²) in [6.07, 6.45) is 4.03. The number of carbonyl (C=O) groups is 1. The second kappa shape index (κ2) is 9.68. The first kappa shape index (κ1) is 19.6. The minimum Gasteiger partial charge on any atom is -0.506 e. The number of nitrogens with zero attached hydrogens (tertiary/aromatic N) is 1. The maximum absolute atomic E-state index is 12.4. The molecule has 0 fully saturated rings. The molecule has 0 saturated carbocycles. The number of pyridine rings is 1.